The quantitative estimate of drug-likeness (QED) is 0.791. The molecule has 2 heterocycles. The summed E-state index contributed by atoms with van der Waals surface area (Å²) >= 11 is 0. The third kappa shape index (κ3) is 2.05. The highest BCUT2D eigenvalue weighted by atomic mass is 16.2. The smallest absolute Gasteiger partial charge is 0.278 e. The summed E-state index contributed by atoms with van der Waals surface area (Å²) in [5, 5.41) is 6.97. The molecular weight excluding hydrogens is 254 g/mol. The van der Waals surface area contributed by atoms with Gasteiger partial charge in [0.25, 0.3) is 5.91 Å². The number of aryl methyl sites for hydroxylation is 2. The number of carbonyl (C=O) groups is 1. The van der Waals surface area contributed by atoms with Gasteiger partial charge in [0.15, 0.2) is 5.69 Å². The third-order valence-corrected chi connectivity index (χ3v) is 3.21. The molecule has 0 spiro atoms. The van der Waals surface area contributed by atoms with Crippen molar-refractivity contribution in [1.82, 2.24) is 19.3 Å². The number of rotatable bonds is 3. The van der Waals surface area contributed by atoms with Crippen molar-refractivity contribution in [3.63, 3.8) is 0 Å². The van der Waals surface area contributed by atoms with Crippen LogP contribution in [0.15, 0.2) is 36.5 Å². The second-order valence-corrected chi connectivity index (χ2v) is 4.49. The molecule has 1 aromatic carbocycles. The molecule has 0 aliphatic carbocycles. The Balaban J connectivity index is 1.89. The summed E-state index contributed by atoms with van der Waals surface area (Å²) < 4.78 is 3.56. The van der Waals surface area contributed by atoms with E-state index in [4.69, 9.17) is 0 Å². The molecule has 6 heteroatoms. The van der Waals surface area contributed by atoms with Crippen molar-refractivity contribution in [1.29, 1.82) is 0 Å². The Morgan fingerprint density at radius 3 is 2.80 bits per heavy atom. The van der Waals surface area contributed by atoms with E-state index in [1.54, 1.807) is 16.9 Å². The zero-order valence-corrected chi connectivity index (χ0v) is 11.4. The number of carbonyl (C=O) groups excluding carboxylic acids is 1. The number of nitrogens with zero attached hydrogens (tertiary/aromatic N) is 4. The Kier molecular flexibility index (Phi) is 2.98. The summed E-state index contributed by atoms with van der Waals surface area (Å²) in [5.41, 5.74) is 2.21. The molecule has 0 saturated carbocycles. The number of amides is 1. The largest absolute Gasteiger partial charge is 0.313 e. The maximum atomic E-state index is 12.1. The van der Waals surface area contributed by atoms with Gasteiger partial charge in [-0.2, -0.15) is 5.10 Å². The standard InChI is InChI=1S/C14H15N5O/c1-3-19-9-8-11(17-19)13(20)16-14-15-10-6-4-5-7-12(10)18(14)2/h4-9H,3H2,1-2H3,(H,15,16,20). The van der Waals surface area contributed by atoms with Crippen molar-refractivity contribution < 1.29 is 4.79 Å². The third-order valence-electron chi connectivity index (χ3n) is 3.21. The van der Waals surface area contributed by atoms with E-state index >= 15 is 0 Å². The van der Waals surface area contributed by atoms with Gasteiger partial charge in [0, 0.05) is 19.8 Å². The molecule has 0 aliphatic rings. The number of para-hydroxylation sites is 2. The molecule has 2 aromatic heterocycles. The molecule has 1 amide bonds. The molecule has 0 saturated heterocycles. The molecule has 0 bridgehead atoms. The topological polar surface area (TPSA) is 64.7 Å². The van der Waals surface area contributed by atoms with Crippen LogP contribution in [0.2, 0.25) is 0 Å². The van der Waals surface area contributed by atoms with Crippen molar-refractivity contribution in [2.24, 2.45) is 7.05 Å². The molecule has 0 radical (unpaired) electrons. The summed E-state index contributed by atoms with van der Waals surface area (Å²) in [6, 6.07) is 9.43. The number of aromatic nitrogens is 4. The van der Waals surface area contributed by atoms with E-state index in [1.807, 2.05) is 42.8 Å². The summed E-state index contributed by atoms with van der Waals surface area (Å²) in [7, 11) is 1.87. The first-order chi connectivity index (χ1) is 9.69. The zero-order chi connectivity index (χ0) is 14.1. The van der Waals surface area contributed by atoms with Gasteiger partial charge in [-0.25, -0.2) is 4.98 Å². The molecule has 6 nitrogen and oxygen atoms in total. The van der Waals surface area contributed by atoms with Gasteiger partial charge >= 0.3 is 0 Å². The van der Waals surface area contributed by atoms with Gasteiger partial charge in [-0.3, -0.25) is 14.8 Å². The summed E-state index contributed by atoms with van der Waals surface area (Å²) in [5.74, 6) is 0.262. The predicted octanol–water partition coefficient (Wildman–Crippen LogP) is 2.04. The van der Waals surface area contributed by atoms with Gasteiger partial charge in [0.2, 0.25) is 5.95 Å². The molecule has 0 aliphatic heterocycles. The van der Waals surface area contributed by atoms with Gasteiger partial charge < -0.3 is 4.57 Å². The minimum absolute atomic E-state index is 0.254. The van der Waals surface area contributed by atoms with Gasteiger partial charge in [-0.05, 0) is 25.1 Å². The van der Waals surface area contributed by atoms with E-state index in [2.05, 4.69) is 15.4 Å². The zero-order valence-electron chi connectivity index (χ0n) is 11.4. The summed E-state index contributed by atoms with van der Waals surface area (Å²) in [6.07, 6.45) is 1.78. The average molecular weight is 269 g/mol. The van der Waals surface area contributed by atoms with Crippen molar-refractivity contribution in [3.8, 4) is 0 Å². The van der Waals surface area contributed by atoms with Crippen LogP contribution in [0, 0.1) is 0 Å². The normalized spacial score (nSPS) is 10.9. The van der Waals surface area contributed by atoms with Crippen molar-refractivity contribution in [2.45, 2.75) is 13.5 Å². The molecule has 0 atom stereocenters. The van der Waals surface area contributed by atoms with Crippen LogP contribution in [0.1, 0.15) is 17.4 Å². The lowest BCUT2D eigenvalue weighted by atomic mass is 10.3. The summed E-state index contributed by atoms with van der Waals surface area (Å²) in [6.45, 7) is 2.71. The van der Waals surface area contributed by atoms with Gasteiger partial charge in [-0.15, -0.1) is 0 Å². The first kappa shape index (κ1) is 12.4. The molecule has 0 unspecified atom stereocenters. The Morgan fingerprint density at radius 1 is 1.30 bits per heavy atom. The van der Waals surface area contributed by atoms with Gasteiger partial charge in [-0.1, -0.05) is 12.1 Å². The van der Waals surface area contributed by atoms with Crippen LogP contribution in [-0.4, -0.2) is 25.2 Å². The number of benzene rings is 1. The van der Waals surface area contributed by atoms with Crippen LogP contribution in [0.5, 0.6) is 0 Å². The Labute approximate surface area is 116 Å². The van der Waals surface area contributed by atoms with E-state index in [1.165, 1.54) is 0 Å². The predicted molar refractivity (Wildman–Crippen MR) is 76.6 cm³/mol. The lowest BCUT2D eigenvalue weighted by molar-refractivity contribution is 0.102. The first-order valence-corrected chi connectivity index (χ1v) is 6.45. The Morgan fingerprint density at radius 2 is 2.10 bits per heavy atom. The average Bonchev–Trinajstić information content (AvgIpc) is 3.05. The number of fused-ring (bicyclic) bond motifs is 1. The molecule has 1 N–H and O–H groups in total. The number of hydrogen-bond donors (Lipinski definition) is 1. The van der Waals surface area contributed by atoms with Crippen LogP contribution in [0.3, 0.4) is 0 Å². The van der Waals surface area contributed by atoms with E-state index in [-0.39, 0.29) is 5.91 Å². The molecular formula is C14H15N5O. The monoisotopic (exact) mass is 269 g/mol. The Bertz CT molecular complexity index is 771. The van der Waals surface area contributed by atoms with E-state index in [0.29, 0.717) is 11.6 Å². The minimum atomic E-state index is -0.254. The lowest BCUT2D eigenvalue weighted by Gasteiger charge is -2.03. The fourth-order valence-corrected chi connectivity index (χ4v) is 2.08. The van der Waals surface area contributed by atoms with Crippen molar-refractivity contribution >= 4 is 22.9 Å². The van der Waals surface area contributed by atoms with Gasteiger partial charge in [0.05, 0.1) is 11.0 Å². The maximum absolute atomic E-state index is 12.1. The lowest BCUT2D eigenvalue weighted by Crippen LogP contribution is -2.16. The van der Waals surface area contributed by atoms with E-state index in [9.17, 15) is 4.79 Å². The maximum Gasteiger partial charge on any atom is 0.278 e. The number of imidazole rings is 1. The second kappa shape index (κ2) is 4.80. The minimum Gasteiger partial charge on any atom is -0.313 e. The van der Waals surface area contributed by atoms with E-state index < -0.39 is 0 Å². The second-order valence-electron chi connectivity index (χ2n) is 4.49. The Hall–Kier alpha value is -2.63. The number of anilines is 1. The van der Waals surface area contributed by atoms with E-state index in [0.717, 1.165) is 17.6 Å². The van der Waals surface area contributed by atoms with Crippen molar-refractivity contribution in [3.05, 3.63) is 42.2 Å². The highest BCUT2D eigenvalue weighted by Crippen LogP contribution is 2.17. The highest BCUT2D eigenvalue weighted by Gasteiger charge is 2.13. The molecule has 3 rings (SSSR count). The fraction of sp³-hybridized carbons (Fsp3) is 0.214. The number of nitrogens with one attached hydrogen (secondary N) is 1. The van der Waals surface area contributed by atoms with Crippen LogP contribution in [0.4, 0.5) is 5.95 Å². The van der Waals surface area contributed by atoms with Crippen LogP contribution < -0.4 is 5.32 Å². The first-order valence-electron chi connectivity index (χ1n) is 6.45. The summed E-state index contributed by atoms with van der Waals surface area (Å²) in [4.78, 5) is 16.5. The highest BCUT2D eigenvalue weighted by molar-refractivity contribution is 6.02. The molecule has 102 valence electrons. The van der Waals surface area contributed by atoms with Crippen LogP contribution in [-0.2, 0) is 13.6 Å². The SMILES string of the molecule is CCn1ccc(C(=O)Nc2nc3ccccc3n2C)n1. The van der Waals surface area contributed by atoms with Crippen LogP contribution >= 0.6 is 0 Å². The van der Waals surface area contributed by atoms with Crippen molar-refractivity contribution in [2.75, 3.05) is 5.32 Å². The molecule has 20 heavy (non-hydrogen) atoms. The number of hydrogen-bond acceptors (Lipinski definition) is 3. The molecule has 0 fully saturated rings. The van der Waals surface area contributed by atoms with Crippen LogP contribution in [0.25, 0.3) is 11.0 Å². The fourth-order valence-electron chi connectivity index (χ4n) is 2.08. The van der Waals surface area contributed by atoms with Gasteiger partial charge in [0.1, 0.15) is 0 Å². The molecule has 3 aromatic rings.